The molecule has 2 aliphatic heterocycles. The molecule has 0 aromatic carbocycles. The van der Waals surface area contributed by atoms with Crippen molar-refractivity contribution in [1.29, 1.82) is 0 Å². The summed E-state index contributed by atoms with van der Waals surface area (Å²) in [5, 5.41) is 0. The first-order valence-electron chi connectivity index (χ1n) is 7.49. The second-order valence-corrected chi connectivity index (χ2v) is 6.16. The maximum atomic E-state index is 5.81. The summed E-state index contributed by atoms with van der Waals surface area (Å²) in [5.74, 6) is 0.958. The Morgan fingerprint density at radius 1 is 1.25 bits per heavy atom. The first-order chi connectivity index (χ1) is 9.75. The van der Waals surface area contributed by atoms with Crippen LogP contribution in [-0.4, -0.2) is 47.1 Å². The number of aromatic nitrogens is 1. The van der Waals surface area contributed by atoms with Crippen LogP contribution >= 0.6 is 12.2 Å². The van der Waals surface area contributed by atoms with Crippen LogP contribution < -0.4 is 10.6 Å². The summed E-state index contributed by atoms with van der Waals surface area (Å²) in [7, 11) is 0. The number of piperidine rings is 1. The number of anilines is 1. The molecule has 2 aliphatic rings. The van der Waals surface area contributed by atoms with Gasteiger partial charge in [0.15, 0.2) is 0 Å². The average molecular weight is 290 g/mol. The number of thiocarbonyl (C=S) groups is 1. The van der Waals surface area contributed by atoms with Crippen LogP contribution in [0, 0.1) is 0 Å². The topological polar surface area (TPSA) is 45.4 Å². The third kappa shape index (κ3) is 2.79. The highest BCUT2D eigenvalue weighted by Gasteiger charge is 2.30. The van der Waals surface area contributed by atoms with Crippen molar-refractivity contribution in [3.63, 3.8) is 0 Å². The van der Waals surface area contributed by atoms with E-state index < -0.39 is 0 Å². The van der Waals surface area contributed by atoms with Gasteiger partial charge in [0.2, 0.25) is 0 Å². The average Bonchev–Trinajstić information content (AvgIpc) is 2.98. The minimum absolute atomic E-state index is 0.439. The van der Waals surface area contributed by atoms with Crippen LogP contribution in [0.5, 0.6) is 0 Å². The zero-order valence-corrected chi connectivity index (χ0v) is 12.6. The molecule has 1 unspecified atom stereocenters. The van der Waals surface area contributed by atoms with Gasteiger partial charge in [-0.3, -0.25) is 4.90 Å². The fourth-order valence-corrected chi connectivity index (χ4v) is 3.52. The van der Waals surface area contributed by atoms with Crippen LogP contribution in [0.4, 0.5) is 5.82 Å². The van der Waals surface area contributed by atoms with Crippen LogP contribution in [0.2, 0.25) is 0 Å². The van der Waals surface area contributed by atoms with Crippen molar-refractivity contribution in [2.75, 3.05) is 31.1 Å². The lowest BCUT2D eigenvalue weighted by Crippen LogP contribution is -2.41. The molecule has 4 nitrogen and oxygen atoms in total. The van der Waals surface area contributed by atoms with Crippen molar-refractivity contribution in [2.45, 2.75) is 31.7 Å². The second kappa shape index (κ2) is 6.06. The maximum Gasteiger partial charge on any atom is 0.138 e. The third-order valence-corrected chi connectivity index (χ3v) is 4.64. The first kappa shape index (κ1) is 13.8. The molecular formula is C15H22N4S. The molecule has 5 heteroatoms. The summed E-state index contributed by atoms with van der Waals surface area (Å²) in [6.07, 6.45) is 7.12. The quantitative estimate of drug-likeness (QED) is 0.860. The van der Waals surface area contributed by atoms with Gasteiger partial charge < -0.3 is 10.6 Å². The minimum atomic E-state index is 0.439. The highest BCUT2D eigenvalue weighted by molar-refractivity contribution is 7.80. The molecule has 2 saturated heterocycles. The molecule has 0 bridgehead atoms. The minimum Gasteiger partial charge on any atom is -0.389 e. The Bertz CT molecular complexity index is 485. The molecule has 1 aromatic rings. The van der Waals surface area contributed by atoms with E-state index in [2.05, 4.69) is 14.8 Å². The van der Waals surface area contributed by atoms with E-state index in [1.54, 1.807) is 0 Å². The number of nitrogens with two attached hydrogens (primary N) is 1. The lowest BCUT2D eigenvalue weighted by atomic mass is 10.1. The SMILES string of the molecule is NC(=S)c1cccnc1N1CCC(N2CCCCC2)C1. The molecular weight excluding hydrogens is 268 g/mol. The number of pyridine rings is 1. The zero-order chi connectivity index (χ0) is 13.9. The van der Waals surface area contributed by atoms with E-state index in [4.69, 9.17) is 18.0 Å². The van der Waals surface area contributed by atoms with E-state index in [0.29, 0.717) is 11.0 Å². The number of hydrogen-bond donors (Lipinski definition) is 1. The summed E-state index contributed by atoms with van der Waals surface area (Å²) in [5.41, 5.74) is 6.72. The lowest BCUT2D eigenvalue weighted by Gasteiger charge is -2.32. The van der Waals surface area contributed by atoms with Crippen LogP contribution in [0.1, 0.15) is 31.2 Å². The standard InChI is InChI=1S/C15H22N4S/c16-14(20)13-5-4-7-17-15(13)19-10-6-12(11-19)18-8-2-1-3-9-18/h4-5,7,12H,1-3,6,8-11H2,(H2,16,20). The fourth-order valence-electron chi connectivity index (χ4n) is 3.36. The number of likely N-dealkylation sites (tertiary alicyclic amines) is 1. The van der Waals surface area contributed by atoms with Gasteiger partial charge in [-0.05, 0) is 44.5 Å². The van der Waals surface area contributed by atoms with Crippen LogP contribution in [0.15, 0.2) is 18.3 Å². The number of nitrogens with zero attached hydrogens (tertiary/aromatic N) is 3. The largest absolute Gasteiger partial charge is 0.389 e. The van der Waals surface area contributed by atoms with E-state index in [-0.39, 0.29) is 0 Å². The molecule has 3 rings (SSSR count). The monoisotopic (exact) mass is 290 g/mol. The summed E-state index contributed by atoms with van der Waals surface area (Å²) >= 11 is 5.14. The Hall–Kier alpha value is -1.20. The molecule has 108 valence electrons. The molecule has 1 aromatic heterocycles. The predicted octanol–water partition coefficient (Wildman–Crippen LogP) is 1.78. The van der Waals surface area contributed by atoms with Crippen molar-refractivity contribution in [2.24, 2.45) is 5.73 Å². The van der Waals surface area contributed by atoms with Crippen molar-refractivity contribution in [3.05, 3.63) is 23.9 Å². The van der Waals surface area contributed by atoms with Gasteiger partial charge in [-0.15, -0.1) is 0 Å². The maximum absolute atomic E-state index is 5.81. The highest BCUT2D eigenvalue weighted by Crippen LogP contribution is 2.26. The fraction of sp³-hybridized carbons (Fsp3) is 0.600. The normalized spacial score (nSPS) is 24.0. The Kier molecular flexibility index (Phi) is 4.17. The Labute approximate surface area is 126 Å². The summed E-state index contributed by atoms with van der Waals surface area (Å²) in [6.45, 7) is 4.60. The van der Waals surface area contributed by atoms with Crippen molar-refractivity contribution >= 4 is 23.0 Å². The number of rotatable bonds is 3. The molecule has 1 atom stereocenters. The molecule has 0 aliphatic carbocycles. The van der Waals surface area contributed by atoms with Gasteiger partial charge in [-0.2, -0.15) is 0 Å². The van der Waals surface area contributed by atoms with Crippen LogP contribution in [-0.2, 0) is 0 Å². The molecule has 2 N–H and O–H groups in total. The third-order valence-electron chi connectivity index (χ3n) is 4.42. The van der Waals surface area contributed by atoms with Crippen LogP contribution in [0.3, 0.4) is 0 Å². The Morgan fingerprint density at radius 3 is 2.80 bits per heavy atom. The van der Waals surface area contributed by atoms with Gasteiger partial charge >= 0.3 is 0 Å². The van der Waals surface area contributed by atoms with E-state index in [1.807, 2.05) is 18.3 Å². The molecule has 3 heterocycles. The van der Waals surface area contributed by atoms with Crippen molar-refractivity contribution in [3.8, 4) is 0 Å². The molecule has 0 saturated carbocycles. The smallest absolute Gasteiger partial charge is 0.138 e. The van der Waals surface area contributed by atoms with Crippen molar-refractivity contribution < 1.29 is 0 Å². The molecule has 20 heavy (non-hydrogen) atoms. The zero-order valence-electron chi connectivity index (χ0n) is 11.8. The van der Waals surface area contributed by atoms with Gasteiger partial charge in [0, 0.05) is 25.3 Å². The summed E-state index contributed by atoms with van der Waals surface area (Å²) < 4.78 is 0. The van der Waals surface area contributed by atoms with Gasteiger partial charge in [-0.25, -0.2) is 4.98 Å². The molecule has 0 radical (unpaired) electrons. The van der Waals surface area contributed by atoms with Crippen LogP contribution in [0.25, 0.3) is 0 Å². The van der Waals surface area contributed by atoms with Gasteiger partial charge in [0.05, 0.1) is 5.56 Å². The Balaban J connectivity index is 1.72. The second-order valence-electron chi connectivity index (χ2n) is 5.72. The lowest BCUT2D eigenvalue weighted by molar-refractivity contribution is 0.175. The summed E-state index contributed by atoms with van der Waals surface area (Å²) in [6, 6.07) is 4.53. The van der Waals surface area contributed by atoms with Gasteiger partial charge in [0.1, 0.15) is 10.8 Å². The highest BCUT2D eigenvalue weighted by atomic mass is 32.1. The number of hydrogen-bond acceptors (Lipinski definition) is 4. The van der Waals surface area contributed by atoms with Crippen molar-refractivity contribution in [1.82, 2.24) is 9.88 Å². The Morgan fingerprint density at radius 2 is 2.05 bits per heavy atom. The first-order valence-corrected chi connectivity index (χ1v) is 7.90. The predicted molar refractivity (Wildman–Crippen MR) is 86.2 cm³/mol. The molecule has 0 spiro atoms. The summed E-state index contributed by atoms with van der Waals surface area (Å²) in [4.78, 5) is 9.93. The van der Waals surface area contributed by atoms with Gasteiger partial charge in [-0.1, -0.05) is 18.6 Å². The van der Waals surface area contributed by atoms with E-state index in [1.165, 1.54) is 38.8 Å². The van der Waals surface area contributed by atoms with E-state index in [0.717, 1.165) is 24.5 Å². The molecule has 0 amide bonds. The van der Waals surface area contributed by atoms with Gasteiger partial charge in [0.25, 0.3) is 0 Å². The van der Waals surface area contributed by atoms with E-state index >= 15 is 0 Å². The molecule has 2 fully saturated rings. The van der Waals surface area contributed by atoms with E-state index in [9.17, 15) is 0 Å².